The van der Waals surface area contributed by atoms with Gasteiger partial charge in [-0.1, -0.05) is 0 Å². The van der Waals surface area contributed by atoms with Crippen molar-refractivity contribution in [2.75, 3.05) is 26.4 Å². The van der Waals surface area contributed by atoms with Gasteiger partial charge in [0.15, 0.2) is 0 Å². The minimum Gasteiger partial charge on any atom is -0.382 e. The van der Waals surface area contributed by atoms with Crippen LogP contribution in [0.3, 0.4) is 0 Å². The topological polar surface area (TPSA) is 18.5 Å². The smallest absolute Gasteiger partial charge is 0.0488 e. The fourth-order valence-corrected chi connectivity index (χ4v) is 0.348. The molecule has 0 radical (unpaired) electrons. The molecule has 0 aromatic rings. The van der Waals surface area contributed by atoms with Crippen LogP contribution in [0.15, 0.2) is 0 Å². The number of rotatable bonds is 2. The van der Waals surface area contributed by atoms with E-state index in [-0.39, 0.29) is 0 Å². The van der Waals surface area contributed by atoms with Crippen LogP contribution in [0.25, 0.3) is 0 Å². The van der Waals surface area contributed by atoms with Crippen LogP contribution < -0.4 is 0 Å². The summed E-state index contributed by atoms with van der Waals surface area (Å²) >= 11 is 0. The first-order valence-corrected chi connectivity index (χ1v) is 3.57. The lowest BCUT2D eigenvalue weighted by Crippen LogP contribution is -2.09. The van der Waals surface area contributed by atoms with Crippen molar-refractivity contribution >= 4 is 0 Å². The lowest BCUT2D eigenvalue weighted by molar-refractivity contribution is 0.0367. The normalized spacial score (nSPS) is 15.3. The van der Waals surface area contributed by atoms with Crippen LogP contribution in [0.1, 0.15) is 20.3 Å². The maximum Gasteiger partial charge on any atom is 0.0488 e. The second-order valence-electron chi connectivity index (χ2n) is 1.75. The summed E-state index contributed by atoms with van der Waals surface area (Å²) in [4.78, 5) is 0. The molecule has 1 rings (SSSR count). The second kappa shape index (κ2) is 7.92. The Balaban J connectivity index is 0.000000144. The molecule has 0 amide bonds. The van der Waals surface area contributed by atoms with E-state index in [9.17, 15) is 0 Å². The minimum atomic E-state index is 0.844. The number of hydrogen-bond acceptors (Lipinski definition) is 2. The Kier molecular flexibility index (Phi) is 7.85. The molecule has 0 unspecified atom stereocenters. The van der Waals surface area contributed by atoms with E-state index in [1.165, 1.54) is 6.42 Å². The Hall–Kier alpha value is -0.0800. The van der Waals surface area contributed by atoms with Crippen molar-refractivity contribution in [2.45, 2.75) is 20.3 Å². The quantitative estimate of drug-likeness (QED) is 0.566. The Morgan fingerprint density at radius 2 is 1.56 bits per heavy atom. The van der Waals surface area contributed by atoms with Gasteiger partial charge < -0.3 is 9.47 Å². The summed E-state index contributed by atoms with van der Waals surface area (Å²) in [6, 6.07) is 0. The summed E-state index contributed by atoms with van der Waals surface area (Å²) in [5, 5.41) is 0. The Labute approximate surface area is 57.2 Å². The molecule has 1 fully saturated rings. The summed E-state index contributed by atoms with van der Waals surface area (Å²) < 4.78 is 9.56. The van der Waals surface area contributed by atoms with Gasteiger partial charge in [0, 0.05) is 26.4 Å². The molecule has 0 aromatic carbocycles. The summed E-state index contributed by atoms with van der Waals surface area (Å²) in [5.74, 6) is 0. The van der Waals surface area contributed by atoms with Gasteiger partial charge >= 0.3 is 0 Å². The van der Waals surface area contributed by atoms with Crippen LogP contribution in [0.4, 0.5) is 0 Å². The highest BCUT2D eigenvalue weighted by Crippen LogP contribution is 1.93. The third-order valence-electron chi connectivity index (χ3n) is 0.986. The Morgan fingerprint density at radius 1 is 1.22 bits per heavy atom. The average molecular weight is 132 g/mol. The molecule has 0 saturated carbocycles. The molecule has 9 heavy (non-hydrogen) atoms. The van der Waals surface area contributed by atoms with Crippen molar-refractivity contribution in [1.82, 2.24) is 0 Å². The maximum atomic E-state index is 4.83. The van der Waals surface area contributed by atoms with Crippen molar-refractivity contribution in [1.29, 1.82) is 0 Å². The highest BCUT2D eigenvalue weighted by molar-refractivity contribution is 4.41. The van der Waals surface area contributed by atoms with E-state index in [4.69, 9.17) is 9.47 Å². The standard InChI is InChI=1S/C4H10O.C3H6O/c1-3-5-4-2;1-2-4-3-1/h3-4H2,1-2H3;1-3H2. The van der Waals surface area contributed by atoms with Gasteiger partial charge in [-0.25, -0.2) is 0 Å². The van der Waals surface area contributed by atoms with Crippen molar-refractivity contribution in [3.63, 3.8) is 0 Å². The van der Waals surface area contributed by atoms with Gasteiger partial charge in [0.05, 0.1) is 0 Å². The van der Waals surface area contributed by atoms with E-state index in [2.05, 4.69) is 0 Å². The zero-order valence-electron chi connectivity index (χ0n) is 6.35. The molecule has 1 saturated heterocycles. The van der Waals surface area contributed by atoms with Crippen LogP contribution >= 0.6 is 0 Å². The molecule has 2 nitrogen and oxygen atoms in total. The van der Waals surface area contributed by atoms with Crippen molar-refractivity contribution in [2.24, 2.45) is 0 Å². The first kappa shape index (κ1) is 8.92. The van der Waals surface area contributed by atoms with Crippen molar-refractivity contribution < 1.29 is 9.47 Å². The Bertz CT molecular complexity index is 36.2. The summed E-state index contributed by atoms with van der Waals surface area (Å²) in [7, 11) is 0. The number of hydrogen-bond donors (Lipinski definition) is 0. The summed E-state index contributed by atoms with van der Waals surface area (Å²) in [5.41, 5.74) is 0. The van der Waals surface area contributed by atoms with Gasteiger partial charge in [-0.15, -0.1) is 0 Å². The molecule has 0 bridgehead atoms. The van der Waals surface area contributed by atoms with E-state index in [1.54, 1.807) is 0 Å². The molecule has 1 heterocycles. The summed E-state index contributed by atoms with van der Waals surface area (Å²) in [6.07, 6.45) is 1.28. The Morgan fingerprint density at radius 3 is 1.56 bits per heavy atom. The zero-order chi connectivity index (χ0) is 6.95. The lowest BCUT2D eigenvalue weighted by atomic mass is 10.4. The van der Waals surface area contributed by atoms with E-state index in [0.717, 1.165) is 26.4 Å². The zero-order valence-corrected chi connectivity index (χ0v) is 6.35. The highest BCUT2D eigenvalue weighted by Gasteiger charge is 1.94. The lowest BCUT2D eigenvalue weighted by Gasteiger charge is -2.09. The van der Waals surface area contributed by atoms with E-state index in [1.807, 2.05) is 13.8 Å². The molecule has 0 atom stereocenters. The molecule has 1 aliphatic heterocycles. The molecule has 2 heteroatoms. The molecule has 0 aromatic heterocycles. The highest BCUT2D eigenvalue weighted by atomic mass is 16.5. The van der Waals surface area contributed by atoms with E-state index in [0.29, 0.717) is 0 Å². The predicted octanol–water partition coefficient (Wildman–Crippen LogP) is 1.45. The van der Waals surface area contributed by atoms with Crippen LogP contribution in [0.5, 0.6) is 0 Å². The van der Waals surface area contributed by atoms with Gasteiger partial charge in [0.2, 0.25) is 0 Å². The molecule has 56 valence electrons. The third kappa shape index (κ3) is 7.92. The maximum absolute atomic E-state index is 4.83. The summed E-state index contributed by atoms with van der Waals surface area (Å²) in [6.45, 7) is 7.67. The third-order valence-corrected chi connectivity index (χ3v) is 0.986. The van der Waals surface area contributed by atoms with Crippen LogP contribution in [0.2, 0.25) is 0 Å². The molecular formula is C7H16O2. The largest absolute Gasteiger partial charge is 0.382 e. The van der Waals surface area contributed by atoms with Crippen LogP contribution in [-0.2, 0) is 9.47 Å². The minimum absolute atomic E-state index is 0.844. The van der Waals surface area contributed by atoms with Gasteiger partial charge in [-0.05, 0) is 20.3 Å². The second-order valence-corrected chi connectivity index (χ2v) is 1.75. The molecular weight excluding hydrogens is 116 g/mol. The molecule has 0 N–H and O–H groups in total. The van der Waals surface area contributed by atoms with E-state index >= 15 is 0 Å². The van der Waals surface area contributed by atoms with Gasteiger partial charge in [0.1, 0.15) is 0 Å². The van der Waals surface area contributed by atoms with E-state index < -0.39 is 0 Å². The molecule has 0 aliphatic carbocycles. The van der Waals surface area contributed by atoms with Gasteiger partial charge in [0.25, 0.3) is 0 Å². The average Bonchev–Trinajstić information content (AvgIpc) is 1.63. The molecule has 1 aliphatic rings. The van der Waals surface area contributed by atoms with Gasteiger partial charge in [-0.3, -0.25) is 0 Å². The van der Waals surface area contributed by atoms with Crippen LogP contribution in [0, 0.1) is 0 Å². The van der Waals surface area contributed by atoms with Gasteiger partial charge in [-0.2, -0.15) is 0 Å². The van der Waals surface area contributed by atoms with Crippen molar-refractivity contribution in [3.05, 3.63) is 0 Å². The fraction of sp³-hybridized carbons (Fsp3) is 1.00. The predicted molar refractivity (Wildman–Crippen MR) is 37.6 cm³/mol. The van der Waals surface area contributed by atoms with Crippen molar-refractivity contribution in [3.8, 4) is 0 Å². The SMILES string of the molecule is C1COC1.CCOCC. The first-order valence-electron chi connectivity index (χ1n) is 3.57. The van der Waals surface area contributed by atoms with Crippen LogP contribution in [-0.4, -0.2) is 26.4 Å². The monoisotopic (exact) mass is 132 g/mol. The number of ether oxygens (including phenoxy) is 2. The first-order chi connectivity index (χ1) is 4.41. The fourth-order valence-electron chi connectivity index (χ4n) is 0.348. The molecule has 0 spiro atoms.